The zero-order valence-electron chi connectivity index (χ0n) is 24.7. The van der Waals surface area contributed by atoms with Crippen molar-refractivity contribution in [2.45, 2.75) is 83.7 Å². The van der Waals surface area contributed by atoms with E-state index in [2.05, 4.69) is 41.0 Å². The van der Waals surface area contributed by atoms with Crippen molar-refractivity contribution in [1.29, 1.82) is 0 Å². The van der Waals surface area contributed by atoms with E-state index in [4.69, 9.17) is 5.73 Å². The molecule has 1 saturated heterocycles. The summed E-state index contributed by atoms with van der Waals surface area (Å²) in [6.07, 6.45) is 7.98. The molecule has 220 valence electrons. The number of nitrogens with zero attached hydrogens (tertiary/aromatic N) is 3. The Morgan fingerprint density at radius 2 is 1.66 bits per heavy atom. The molecule has 1 saturated carbocycles. The number of amides is 3. The van der Waals surface area contributed by atoms with E-state index < -0.39 is 5.91 Å². The van der Waals surface area contributed by atoms with Crippen LogP contribution in [0.5, 0.6) is 0 Å². The van der Waals surface area contributed by atoms with Crippen molar-refractivity contribution in [3.05, 3.63) is 46.3 Å². The lowest BCUT2D eigenvalue weighted by molar-refractivity contribution is 0.0909. The van der Waals surface area contributed by atoms with E-state index in [-0.39, 0.29) is 29.3 Å². The summed E-state index contributed by atoms with van der Waals surface area (Å²) in [5.41, 5.74) is 12.5. The Balaban J connectivity index is 1.20. The predicted octanol–water partition coefficient (Wildman–Crippen LogP) is 3.90. The molecule has 6 rings (SSSR count). The lowest BCUT2D eigenvalue weighted by atomic mass is 9.75. The summed E-state index contributed by atoms with van der Waals surface area (Å²) in [4.78, 5) is 42.6. The summed E-state index contributed by atoms with van der Waals surface area (Å²) in [6.45, 7) is 7.70. The molecule has 4 aliphatic rings. The van der Waals surface area contributed by atoms with Crippen LogP contribution in [0.1, 0.15) is 90.0 Å². The summed E-state index contributed by atoms with van der Waals surface area (Å²) in [5, 5.41) is 6.88. The van der Waals surface area contributed by atoms with Gasteiger partial charge in [0.1, 0.15) is 0 Å². The minimum Gasteiger partial charge on any atom is -0.382 e. The molecule has 3 aliphatic carbocycles. The molecular weight excluding hydrogens is 516 g/mol. The van der Waals surface area contributed by atoms with Gasteiger partial charge in [0.2, 0.25) is 0 Å². The normalized spacial score (nSPS) is 24.1. The number of piperazine rings is 1. The third-order valence-corrected chi connectivity index (χ3v) is 9.61. The minimum absolute atomic E-state index is 0.0440. The highest BCUT2D eigenvalue weighted by Gasteiger charge is 2.39. The summed E-state index contributed by atoms with van der Waals surface area (Å²) in [5.74, 6) is -0.194. The minimum atomic E-state index is -0.455. The van der Waals surface area contributed by atoms with Crippen LogP contribution < -0.4 is 16.4 Å². The average Bonchev–Trinajstić information content (AvgIpc) is 3.49. The van der Waals surface area contributed by atoms with Gasteiger partial charge in [-0.2, -0.15) is 0 Å². The number of hydrogen-bond donors (Lipinski definition) is 3. The van der Waals surface area contributed by atoms with E-state index >= 15 is 0 Å². The Morgan fingerprint density at radius 1 is 0.951 bits per heavy atom. The summed E-state index contributed by atoms with van der Waals surface area (Å²) in [7, 11) is 2.09. The largest absolute Gasteiger partial charge is 0.382 e. The molecule has 1 aromatic carbocycles. The molecule has 2 heterocycles. The second kappa shape index (κ2) is 10.8. The molecule has 1 aliphatic heterocycles. The number of Topliss-reactive ketones (excluding diaryl/α,β-unsaturated/α-hetero) is 1. The predicted molar refractivity (Wildman–Crippen MR) is 160 cm³/mol. The zero-order valence-corrected chi connectivity index (χ0v) is 24.7. The van der Waals surface area contributed by atoms with Crippen molar-refractivity contribution in [3.8, 4) is 5.69 Å². The van der Waals surface area contributed by atoms with Crippen LogP contribution in [0.15, 0.2) is 18.2 Å². The molecule has 3 amide bonds. The fraction of sp³-hybridized carbons (Fsp3) is 0.594. The first kappa shape index (κ1) is 27.8. The van der Waals surface area contributed by atoms with Gasteiger partial charge in [-0.3, -0.25) is 9.59 Å². The number of primary amides is 1. The van der Waals surface area contributed by atoms with Gasteiger partial charge in [0.05, 0.1) is 5.56 Å². The van der Waals surface area contributed by atoms with Crippen LogP contribution in [0.25, 0.3) is 5.69 Å². The quantitative estimate of drug-likeness (QED) is 0.514. The van der Waals surface area contributed by atoms with Crippen LogP contribution in [0.3, 0.4) is 0 Å². The van der Waals surface area contributed by atoms with E-state index in [1.807, 2.05) is 23.1 Å². The fourth-order valence-corrected chi connectivity index (χ4v) is 7.42. The molecule has 2 fully saturated rings. The number of ketones is 1. The highest BCUT2D eigenvalue weighted by Crippen LogP contribution is 2.43. The van der Waals surface area contributed by atoms with Gasteiger partial charge >= 0.3 is 6.03 Å². The number of hydrogen-bond acceptors (Lipinski definition) is 5. The van der Waals surface area contributed by atoms with Crippen molar-refractivity contribution < 1.29 is 14.4 Å². The Hall–Kier alpha value is -3.33. The second-order valence-electron chi connectivity index (χ2n) is 13.4. The van der Waals surface area contributed by atoms with Crippen molar-refractivity contribution in [2.75, 3.05) is 38.5 Å². The standard InChI is InChI=1S/C32H44N6O3/c1-32(2)18-27-29(28(39)19-32)24-5-4-6-26(24)38(27)22-11-12-23(30(33)40)25(17-22)34-20-7-9-21(10-8-20)35-31(41)37-15-13-36(3)14-16-37/h11-12,17,20-21,34H,4-10,13-16,18-19H2,1-3H3,(H2,33,40)(H,35,41)/t20-,21-. The summed E-state index contributed by atoms with van der Waals surface area (Å²) >= 11 is 0. The number of anilines is 1. The van der Waals surface area contributed by atoms with Gasteiger partial charge in [-0.25, -0.2) is 4.79 Å². The first-order valence-corrected chi connectivity index (χ1v) is 15.3. The number of fused-ring (bicyclic) bond motifs is 3. The number of carbonyl (C=O) groups is 3. The molecular formula is C32H44N6O3. The molecule has 0 spiro atoms. The molecule has 9 nitrogen and oxygen atoms in total. The van der Waals surface area contributed by atoms with Crippen molar-refractivity contribution >= 4 is 23.4 Å². The van der Waals surface area contributed by atoms with Gasteiger partial charge in [-0.15, -0.1) is 0 Å². The molecule has 0 unspecified atom stereocenters. The highest BCUT2D eigenvalue weighted by molar-refractivity contribution is 6.01. The van der Waals surface area contributed by atoms with Crippen LogP contribution in [0.4, 0.5) is 10.5 Å². The second-order valence-corrected chi connectivity index (χ2v) is 13.4. The topological polar surface area (TPSA) is 113 Å². The Labute approximate surface area is 242 Å². The molecule has 0 bridgehead atoms. The maximum atomic E-state index is 13.3. The van der Waals surface area contributed by atoms with Gasteiger partial charge in [0.25, 0.3) is 5.91 Å². The number of aromatic nitrogens is 1. The lowest BCUT2D eigenvalue weighted by Crippen LogP contribution is -2.53. The fourth-order valence-electron chi connectivity index (χ4n) is 7.42. The van der Waals surface area contributed by atoms with Gasteiger partial charge in [-0.1, -0.05) is 13.8 Å². The molecule has 1 aromatic heterocycles. The summed E-state index contributed by atoms with van der Waals surface area (Å²) < 4.78 is 2.30. The number of nitrogens with one attached hydrogen (secondary N) is 2. The molecule has 41 heavy (non-hydrogen) atoms. The van der Waals surface area contributed by atoms with Crippen molar-refractivity contribution in [3.63, 3.8) is 0 Å². The molecule has 9 heteroatoms. The number of likely N-dealkylation sites (N-methyl/N-ethyl adjacent to an activating group) is 1. The van der Waals surface area contributed by atoms with Gasteiger partial charge in [-0.05, 0) is 87.6 Å². The van der Waals surface area contributed by atoms with Crippen molar-refractivity contribution in [2.24, 2.45) is 11.1 Å². The van der Waals surface area contributed by atoms with E-state index in [1.165, 1.54) is 11.3 Å². The SMILES string of the molecule is CN1CCN(C(=O)N[C@H]2CC[C@H](Nc3cc(-n4c5c(c6c4CC(C)(C)CC6=O)CCC5)ccc3C(N)=O)CC2)CC1. The van der Waals surface area contributed by atoms with E-state index in [0.717, 1.165) is 100 Å². The molecule has 4 N–H and O–H groups in total. The summed E-state index contributed by atoms with van der Waals surface area (Å²) in [6, 6.07) is 6.24. The van der Waals surface area contributed by atoms with Crippen molar-refractivity contribution in [1.82, 2.24) is 19.7 Å². The maximum Gasteiger partial charge on any atom is 0.317 e. The van der Waals surface area contributed by atoms with Crippen LogP contribution in [-0.2, 0) is 19.3 Å². The number of nitrogens with two attached hydrogens (primary N) is 1. The first-order chi connectivity index (χ1) is 19.6. The van der Waals surface area contributed by atoms with E-state index in [1.54, 1.807) is 0 Å². The average molecular weight is 561 g/mol. The van der Waals surface area contributed by atoms with E-state index in [9.17, 15) is 14.4 Å². The Kier molecular flexibility index (Phi) is 7.34. The van der Waals surface area contributed by atoms with Gasteiger partial charge in [0, 0.05) is 73.0 Å². The smallest absolute Gasteiger partial charge is 0.317 e. The maximum absolute atomic E-state index is 13.3. The monoisotopic (exact) mass is 560 g/mol. The number of carbonyl (C=O) groups excluding carboxylic acids is 3. The van der Waals surface area contributed by atoms with Crippen LogP contribution in [0.2, 0.25) is 0 Å². The first-order valence-electron chi connectivity index (χ1n) is 15.3. The number of benzene rings is 1. The molecule has 0 atom stereocenters. The molecule has 2 aromatic rings. The third-order valence-electron chi connectivity index (χ3n) is 9.61. The van der Waals surface area contributed by atoms with Crippen LogP contribution in [0, 0.1) is 5.41 Å². The van der Waals surface area contributed by atoms with Crippen LogP contribution >= 0.6 is 0 Å². The Bertz CT molecular complexity index is 1360. The third kappa shape index (κ3) is 5.48. The Morgan fingerprint density at radius 3 is 2.37 bits per heavy atom. The zero-order chi connectivity index (χ0) is 28.9. The van der Waals surface area contributed by atoms with Gasteiger partial charge in [0.15, 0.2) is 5.78 Å². The number of urea groups is 1. The molecule has 0 radical (unpaired) electrons. The van der Waals surface area contributed by atoms with Crippen LogP contribution in [-0.4, -0.2) is 77.4 Å². The lowest BCUT2D eigenvalue weighted by Gasteiger charge is -2.35. The van der Waals surface area contributed by atoms with E-state index in [0.29, 0.717) is 12.0 Å². The van der Waals surface area contributed by atoms with Gasteiger partial charge < -0.3 is 30.7 Å². The highest BCUT2D eigenvalue weighted by atomic mass is 16.2. The number of rotatable bonds is 5.